The molecule has 3 aromatic carbocycles. The summed E-state index contributed by atoms with van der Waals surface area (Å²) >= 11 is 0. The van der Waals surface area contributed by atoms with E-state index < -0.39 is 27.0 Å². The van der Waals surface area contributed by atoms with Gasteiger partial charge in [0.25, 0.3) is 0 Å². The van der Waals surface area contributed by atoms with Crippen molar-refractivity contribution in [2.75, 3.05) is 13.2 Å². The van der Waals surface area contributed by atoms with Crippen LogP contribution in [0.1, 0.15) is 38.8 Å². The predicted octanol–water partition coefficient (Wildman–Crippen LogP) is 5.48. The number of benzene rings is 3. The maximum absolute atomic E-state index is 13.6. The van der Waals surface area contributed by atoms with E-state index in [2.05, 4.69) is 43.1 Å². The highest BCUT2D eigenvalue weighted by atomic mass is 32.2. The molecule has 6 heteroatoms. The molecule has 3 atom stereocenters. The number of nitrogens with one attached hydrogen (secondary N) is 1. The lowest BCUT2D eigenvalue weighted by atomic mass is 9.97. The van der Waals surface area contributed by atoms with E-state index in [0.29, 0.717) is 12.1 Å². The van der Waals surface area contributed by atoms with Gasteiger partial charge in [-0.25, -0.2) is 8.42 Å². The molecule has 0 spiro atoms. The second-order valence-electron chi connectivity index (χ2n) is 8.59. The second-order valence-corrected chi connectivity index (χ2v) is 10.7. The van der Waals surface area contributed by atoms with E-state index in [1.807, 2.05) is 18.2 Å². The third-order valence-electron chi connectivity index (χ3n) is 6.04. The summed E-state index contributed by atoms with van der Waals surface area (Å²) < 4.78 is 32.3. The van der Waals surface area contributed by atoms with E-state index in [-0.39, 0.29) is 24.0 Å². The molecule has 0 aliphatic carbocycles. The van der Waals surface area contributed by atoms with E-state index in [1.165, 1.54) is 0 Å². The van der Waals surface area contributed by atoms with Crippen molar-refractivity contribution in [3.63, 3.8) is 0 Å². The van der Waals surface area contributed by atoms with Gasteiger partial charge in [0, 0.05) is 19.0 Å². The molecule has 0 aromatic heterocycles. The Morgan fingerprint density at radius 1 is 0.971 bits per heavy atom. The highest BCUT2D eigenvalue weighted by Gasteiger charge is 2.35. The molecule has 1 N–H and O–H groups in total. The van der Waals surface area contributed by atoms with Crippen molar-refractivity contribution in [3.05, 3.63) is 90.5 Å². The SMILES string of the molecule is C=C(CN[C@@H](C)c1cccc2ccccc12)[C@H]([C@H](C)CC(=O)OCC)S(=O)(=O)c1ccccc1. The number of hydrogen-bond acceptors (Lipinski definition) is 5. The number of ether oxygens (including phenoxy) is 1. The minimum Gasteiger partial charge on any atom is -0.466 e. The zero-order chi connectivity index (χ0) is 24.7. The van der Waals surface area contributed by atoms with Crippen LogP contribution in [0.2, 0.25) is 0 Å². The van der Waals surface area contributed by atoms with Crippen LogP contribution in [-0.2, 0) is 19.4 Å². The smallest absolute Gasteiger partial charge is 0.306 e. The van der Waals surface area contributed by atoms with Gasteiger partial charge in [-0.1, -0.05) is 74.2 Å². The van der Waals surface area contributed by atoms with Gasteiger partial charge in [-0.3, -0.25) is 4.79 Å². The van der Waals surface area contributed by atoms with Crippen molar-refractivity contribution in [1.82, 2.24) is 5.32 Å². The lowest BCUT2D eigenvalue weighted by molar-refractivity contribution is -0.144. The molecule has 0 fully saturated rings. The number of hydrogen-bond donors (Lipinski definition) is 1. The summed E-state index contributed by atoms with van der Waals surface area (Å²) in [6, 6.07) is 22.7. The molecule has 0 heterocycles. The van der Waals surface area contributed by atoms with Gasteiger partial charge in [0.1, 0.15) is 0 Å². The van der Waals surface area contributed by atoms with Gasteiger partial charge in [-0.15, -0.1) is 0 Å². The molecular weight excluding hydrogens is 446 g/mol. The number of sulfone groups is 1. The Labute approximate surface area is 202 Å². The summed E-state index contributed by atoms with van der Waals surface area (Å²) in [5.74, 6) is -0.903. The normalized spacial score (nSPS) is 14.3. The highest BCUT2D eigenvalue weighted by molar-refractivity contribution is 7.92. The molecule has 0 aliphatic heterocycles. The van der Waals surface area contributed by atoms with Crippen molar-refractivity contribution in [1.29, 1.82) is 0 Å². The third-order valence-corrected chi connectivity index (χ3v) is 8.44. The molecule has 0 aliphatic rings. The van der Waals surface area contributed by atoms with Gasteiger partial charge in [0.15, 0.2) is 9.84 Å². The van der Waals surface area contributed by atoms with E-state index in [0.717, 1.165) is 16.3 Å². The number of carbonyl (C=O) groups is 1. The van der Waals surface area contributed by atoms with Gasteiger partial charge >= 0.3 is 5.97 Å². The van der Waals surface area contributed by atoms with Crippen LogP contribution in [0.5, 0.6) is 0 Å². The van der Waals surface area contributed by atoms with Crippen LogP contribution in [0.3, 0.4) is 0 Å². The van der Waals surface area contributed by atoms with Crippen molar-refractivity contribution in [2.45, 2.75) is 43.4 Å². The lowest BCUT2D eigenvalue weighted by Crippen LogP contribution is -2.36. The summed E-state index contributed by atoms with van der Waals surface area (Å²) in [4.78, 5) is 12.4. The van der Waals surface area contributed by atoms with Gasteiger partial charge < -0.3 is 10.1 Å². The molecule has 3 aromatic rings. The predicted molar refractivity (Wildman–Crippen MR) is 137 cm³/mol. The first kappa shape index (κ1) is 25.7. The molecule has 180 valence electrons. The minimum absolute atomic E-state index is 0.00245. The number of fused-ring (bicyclic) bond motifs is 1. The largest absolute Gasteiger partial charge is 0.466 e. The van der Waals surface area contributed by atoms with Crippen LogP contribution < -0.4 is 5.32 Å². The topological polar surface area (TPSA) is 72.5 Å². The molecule has 0 bridgehead atoms. The summed E-state index contributed by atoms with van der Waals surface area (Å²) in [6.45, 7) is 10.3. The molecule has 5 nitrogen and oxygen atoms in total. The van der Waals surface area contributed by atoms with Crippen molar-refractivity contribution in [2.24, 2.45) is 5.92 Å². The Morgan fingerprint density at radius 2 is 1.62 bits per heavy atom. The zero-order valence-electron chi connectivity index (χ0n) is 20.0. The van der Waals surface area contributed by atoms with E-state index in [4.69, 9.17) is 4.74 Å². The van der Waals surface area contributed by atoms with Crippen LogP contribution in [0.15, 0.2) is 89.8 Å². The maximum atomic E-state index is 13.6. The van der Waals surface area contributed by atoms with E-state index in [9.17, 15) is 13.2 Å². The quantitative estimate of drug-likeness (QED) is 0.291. The first-order valence-corrected chi connectivity index (χ1v) is 13.1. The monoisotopic (exact) mass is 479 g/mol. The highest BCUT2D eigenvalue weighted by Crippen LogP contribution is 2.30. The van der Waals surface area contributed by atoms with Crippen LogP contribution in [0, 0.1) is 5.92 Å². The molecule has 0 unspecified atom stereocenters. The summed E-state index contributed by atoms with van der Waals surface area (Å²) in [6.07, 6.45) is 0.00245. The van der Waals surface area contributed by atoms with E-state index in [1.54, 1.807) is 44.2 Å². The van der Waals surface area contributed by atoms with E-state index >= 15 is 0 Å². The van der Waals surface area contributed by atoms with Crippen molar-refractivity contribution >= 4 is 26.6 Å². The Bertz CT molecular complexity index is 1230. The summed E-state index contributed by atoms with van der Waals surface area (Å²) in [5.41, 5.74) is 1.65. The zero-order valence-corrected chi connectivity index (χ0v) is 20.8. The average molecular weight is 480 g/mol. The first-order chi connectivity index (χ1) is 16.3. The Morgan fingerprint density at radius 3 is 2.32 bits per heavy atom. The molecule has 0 saturated heterocycles. The number of carbonyl (C=O) groups excluding carboxylic acids is 1. The van der Waals surface area contributed by atoms with Crippen LogP contribution in [0.4, 0.5) is 0 Å². The van der Waals surface area contributed by atoms with Gasteiger partial charge in [-0.05, 0) is 53.8 Å². The summed E-state index contributed by atoms with van der Waals surface area (Å²) in [5, 5.41) is 4.83. The Kier molecular flexibility index (Phi) is 8.64. The fourth-order valence-corrected chi connectivity index (χ4v) is 6.46. The molecule has 3 rings (SSSR count). The second kappa shape index (κ2) is 11.4. The Balaban J connectivity index is 1.84. The molecule has 0 saturated carbocycles. The molecular formula is C28H33NO4S. The van der Waals surface area contributed by atoms with Gasteiger partial charge in [0.05, 0.1) is 16.8 Å². The standard InChI is InChI=1S/C28H33NO4S/c1-5-33-27(30)18-20(2)28(34(31,32)24-14-7-6-8-15-24)21(3)19-29-22(4)25-17-11-13-23-12-9-10-16-26(23)25/h6-17,20,22,28-29H,3,5,18-19H2,1-2,4H3/t20-,22+,28+/m1/s1. The molecule has 0 amide bonds. The van der Waals surface area contributed by atoms with Crippen molar-refractivity contribution in [3.8, 4) is 0 Å². The van der Waals surface area contributed by atoms with Gasteiger partial charge in [0.2, 0.25) is 0 Å². The first-order valence-electron chi connectivity index (χ1n) is 11.6. The van der Waals surface area contributed by atoms with Gasteiger partial charge in [-0.2, -0.15) is 0 Å². The van der Waals surface area contributed by atoms with Crippen LogP contribution in [-0.4, -0.2) is 32.8 Å². The van der Waals surface area contributed by atoms with Crippen LogP contribution >= 0.6 is 0 Å². The maximum Gasteiger partial charge on any atom is 0.306 e. The fraction of sp³-hybridized carbons (Fsp3) is 0.321. The molecule has 0 radical (unpaired) electrons. The number of rotatable bonds is 11. The lowest BCUT2D eigenvalue weighted by Gasteiger charge is -2.27. The minimum atomic E-state index is -3.75. The average Bonchev–Trinajstić information content (AvgIpc) is 2.82. The van der Waals surface area contributed by atoms with Crippen molar-refractivity contribution < 1.29 is 17.9 Å². The number of esters is 1. The summed E-state index contributed by atoms with van der Waals surface area (Å²) in [7, 11) is -3.75. The van der Waals surface area contributed by atoms with Crippen LogP contribution in [0.25, 0.3) is 10.8 Å². The Hall–Kier alpha value is -2.96. The molecule has 34 heavy (non-hydrogen) atoms. The third kappa shape index (κ3) is 5.93. The fourth-order valence-electron chi connectivity index (χ4n) is 4.40.